The Kier molecular flexibility index (Phi) is 2.13. The number of hydrogen-bond donors (Lipinski definition) is 0. The van der Waals surface area contributed by atoms with Gasteiger partial charge in [0.2, 0.25) is 0 Å². The highest BCUT2D eigenvalue weighted by Gasteiger charge is 2.20. The molecule has 0 atom stereocenters. The van der Waals surface area contributed by atoms with Crippen LogP contribution in [-0.4, -0.2) is 30.0 Å². The van der Waals surface area contributed by atoms with Crippen molar-refractivity contribution in [2.45, 2.75) is 18.8 Å². The summed E-state index contributed by atoms with van der Waals surface area (Å²) in [6, 6.07) is 0. The summed E-state index contributed by atoms with van der Waals surface area (Å²) in [6.07, 6.45) is 5.76. The average Bonchev–Trinajstić information content (AvgIpc) is 2.58. The van der Waals surface area contributed by atoms with Crippen LogP contribution in [0.25, 0.3) is 0 Å². The highest BCUT2D eigenvalue weighted by Crippen LogP contribution is 2.26. The predicted molar refractivity (Wildman–Crippen MR) is 46.0 cm³/mol. The van der Waals surface area contributed by atoms with Gasteiger partial charge in [-0.05, 0) is 33.0 Å². The van der Waals surface area contributed by atoms with Crippen molar-refractivity contribution < 1.29 is 4.42 Å². The van der Waals surface area contributed by atoms with E-state index in [1.807, 2.05) is 6.20 Å². The molecule has 1 aliphatic rings. The SMILES string of the molecule is CN1CCC(c2cnco2)CC1. The third-order valence-electron chi connectivity index (χ3n) is 2.57. The molecule has 1 aromatic rings. The summed E-state index contributed by atoms with van der Waals surface area (Å²) in [6.45, 7) is 2.34. The van der Waals surface area contributed by atoms with Crippen LogP contribution in [0.3, 0.4) is 0 Å². The van der Waals surface area contributed by atoms with Crippen molar-refractivity contribution in [2.24, 2.45) is 0 Å². The van der Waals surface area contributed by atoms with Gasteiger partial charge in [0.25, 0.3) is 0 Å². The standard InChI is InChI=1S/C9H14N2O/c1-11-4-2-8(3-5-11)9-6-10-7-12-9/h6-8H,2-5H2,1H3. The highest BCUT2D eigenvalue weighted by atomic mass is 16.3. The molecular weight excluding hydrogens is 152 g/mol. The third-order valence-corrected chi connectivity index (χ3v) is 2.57. The minimum Gasteiger partial charge on any atom is -0.448 e. The molecule has 2 heterocycles. The first-order valence-electron chi connectivity index (χ1n) is 4.43. The fourth-order valence-corrected chi connectivity index (χ4v) is 1.72. The molecule has 0 saturated carbocycles. The van der Waals surface area contributed by atoms with Gasteiger partial charge in [0.05, 0.1) is 6.20 Å². The number of piperidine rings is 1. The monoisotopic (exact) mass is 166 g/mol. The van der Waals surface area contributed by atoms with E-state index in [1.54, 1.807) is 0 Å². The molecule has 3 heteroatoms. The topological polar surface area (TPSA) is 29.3 Å². The number of nitrogens with zero attached hydrogens (tertiary/aromatic N) is 2. The summed E-state index contributed by atoms with van der Waals surface area (Å²) in [5.74, 6) is 1.66. The lowest BCUT2D eigenvalue weighted by atomic mass is 9.95. The number of hydrogen-bond acceptors (Lipinski definition) is 3. The van der Waals surface area contributed by atoms with Gasteiger partial charge in [0.1, 0.15) is 5.76 Å². The quantitative estimate of drug-likeness (QED) is 0.633. The first-order valence-corrected chi connectivity index (χ1v) is 4.43. The van der Waals surface area contributed by atoms with Gasteiger partial charge in [-0.3, -0.25) is 0 Å². The zero-order valence-corrected chi connectivity index (χ0v) is 7.36. The molecule has 12 heavy (non-hydrogen) atoms. The second-order valence-corrected chi connectivity index (χ2v) is 3.48. The van der Waals surface area contributed by atoms with Gasteiger partial charge in [0.15, 0.2) is 6.39 Å². The summed E-state index contributed by atoms with van der Waals surface area (Å²) >= 11 is 0. The molecule has 1 saturated heterocycles. The van der Waals surface area contributed by atoms with Crippen molar-refractivity contribution in [2.75, 3.05) is 20.1 Å². The molecule has 0 amide bonds. The Labute approximate surface area is 72.4 Å². The second kappa shape index (κ2) is 3.27. The van der Waals surface area contributed by atoms with E-state index in [0.717, 1.165) is 5.76 Å². The van der Waals surface area contributed by atoms with E-state index in [2.05, 4.69) is 16.9 Å². The fraction of sp³-hybridized carbons (Fsp3) is 0.667. The first kappa shape index (κ1) is 7.80. The van der Waals surface area contributed by atoms with E-state index < -0.39 is 0 Å². The largest absolute Gasteiger partial charge is 0.448 e. The molecule has 0 radical (unpaired) electrons. The minimum absolute atomic E-state index is 0.601. The van der Waals surface area contributed by atoms with Crippen molar-refractivity contribution in [1.82, 2.24) is 9.88 Å². The van der Waals surface area contributed by atoms with E-state index in [9.17, 15) is 0 Å². The molecular formula is C9H14N2O. The molecule has 0 spiro atoms. The number of rotatable bonds is 1. The van der Waals surface area contributed by atoms with Crippen LogP contribution < -0.4 is 0 Å². The van der Waals surface area contributed by atoms with Gasteiger partial charge in [-0.2, -0.15) is 0 Å². The Morgan fingerprint density at radius 2 is 2.25 bits per heavy atom. The molecule has 2 rings (SSSR count). The fourth-order valence-electron chi connectivity index (χ4n) is 1.72. The van der Waals surface area contributed by atoms with Crippen LogP contribution in [0, 0.1) is 0 Å². The molecule has 1 aromatic heterocycles. The van der Waals surface area contributed by atoms with E-state index in [0.29, 0.717) is 5.92 Å². The zero-order valence-electron chi connectivity index (χ0n) is 7.36. The molecule has 0 aromatic carbocycles. The van der Waals surface area contributed by atoms with Gasteiger partial charge >= 0.3 is 0 Å². The lowest BCUT2D eigenvalue weighted by molar-refractivity contribution is 0.240. The molecule has 1 fully saturated rings. The molecule has 0 unspecified atom stereocenters. The molecule has 0 aliphatic carbocycles. The Morgan fingerprint density at radius 3 is 2.83 bits per heavy atom. The van der Waals surface area contributed by atoms with Gasteiger partial charge in [0, 0.05) is 5.92 Å². The summed E-state index contributed by atoms with van der Waals surface area (Å²) in [5, 5.41) is 0. The smallest absolute Gasteiger partial charge is 0.180 e. The van der Waals surface area contributed by atoms with E-state index >= 15 is 0 Å². The van der Waals surface area contributed by atoms with E-state index in [-0.39, 0.29) is 0 Å². The second-order valence-electron chi connectivity index (χ2n) is 3.48. The Balaban J connectivity index is 1.99. The van der Waals surface area contributed by atoms with Crippen molar-refractivity contribution in [3.05, 3.63) is 18.4 Å². The molecule has 0 bridgehead atoms. The normalized spacial score (nSPS) is 21.4. The number of oxazole rings is 1. The molecule has 1 aliphatic heterocycles. The van der Waals surface area contributed by atoms with Crippen LogP contribution in [0.5, 0.6) is 0 Å². The summed E-state index contributed by atoms with van der Waals surface area (Å²) in [4.78, 5) is 6.29. The van der Waals surface area contributed by atoms with Gasteiger partial charge in [-0.1, -0.05) is 0 Å². The molecule has 0 N–H and O–H groups in total. The molecule has 66 valence electrons. The third kappa shape index (κ3) is 1.50. The van der Waals surface area contributed by atoms with Crippen LogP contribution in [0.15, 0.2) is 17.0 Å². The lowest BCUT2D eigenvalue weighted by Crippen LogP contribution is -2.29. The molecule has 3 nitrogen and oxygen atoms in total. The maximum absolute atomic E-state index is 5.28. The van der Waals surface area contributed by atoms with Gasteiger partial charge < -0.3 is 9.32 Å². The van der Waals surface area contributed by atoms with Crippen LogP contribution in [0.4, 0.5) is 0 Å². The van der Waals surface area contributed by atoms with Crippen LogP contribution >= 0.6 is 0 Å². The zero-order chi connectivity index (χ0) is 8.39. The predicted octanol–water partition coefficient (Wildman–Crippen LogP) is 1.48. The Hall–Kier alpha value is -0.830. The van der Waals surface area contributed by atoms with Gasteiger partial charge in [-0.25, -0.2) is 4.98 Å². The first-order chi connectivity index (χ1) is 5.86. The summed E-state index contributed by atoms with van der Waals surface area (Å²) in [5.41, 5.74) is 0. The maximum Gasteiger partial charge on any atom is 0.180 e. The lowest BCUT2D eigenvalue weighted by Gasteiger charge is -2.27. The maximum atomic E-state index is 5.28. The average molecular weight is 166 g/mol. The minimum atomic E-state index is 0.601. The van der Waals surface area contributed by atoms with Gasteiger partial charge in [-0.15, -0.1) is 0 Å². The highest BCUT2D eigenvalue weighted by molar-refractivity contribution is 5.00. The van der Waals surface area contributed by atoms with Crippen molar-refractivity contribution in [3.8, 4) is 0 Å². The van der Waals surface area contributed by atoms with Crippen LogP contribution in [-0.2, 0) is 0 Å². The summed E-state index contributed by atoms with van der Waals surface area (Å²) < 4.78 is 5.28. The van der Waals surface area contributed by atoms with Crippen molar-refractivity contribution in [3.63, 3.8) is 0 Å². The summed E-state index contributed by atoms with van der Waals surface area (Å²) in [7, 11) is 2.16. The van der Waals surface area contributed by atoms with Crippen molar-refractivity contribution >= 4 is 0 Å². The van der Waals surface area contributed by atoms with Crippen LogP contribution in [0.1, 0.15) is 24.5 Å². The number of aromatic nitrogens is 1. The Bertz CT molecular complexity index is 225. The van der Waals surface area contributed by atoms with Crippen LogP contribution in [0.2, 0.25) is 0 Å². The van der Waals surface area contributed by atoms with E-state index in [4.69, 9.17) is 4.42 Å². The van der Waals surface area contributed by atoms with Crippen molar-refractivity contribution in [1.29, 1.82) is 0 Å². The number of likely N-dealkylation sites (tertiary alicyclic amines) is 1. The van der Waals surface area contributed by atoms with E-state index in [1.165, 1.54) is 32.3 Å². The Morgan fingerprint density at radius 1 is 1.50 bits per heavy atom.